The van der Waals surface area contributed by atoms with Crippen molar-refractivity contribution in [2.75, 3.05) is 26.9 Å². The normalized spacial score (nSPS) is 24.7. The zero-order valence-electron chi connectivity index (χ0n) is 21.4. The number of benzene rings is 2. The van der Waals surface area contributed by atoms with Crippen molar-refractivity contribution in [2.24, 2.45) is 11.8 Å². The van der Waals surface area contributed by atoms with Gasteiger partial charge < -0.3 is 24.6 Å². The second-order valence-corrected chi connectivity index (χ2v) is 10.8. The maximum absolute atomic E-state index is 13.1. The van der Waals surface area contributed by atoms with Gasteiger partial charge in [0.25, 0.3) is 0 Å². The maximum Gasteiger partial charge on any atom is 0.231 e. The van der Waals surface area contributed by atoms with Crippen molar-refractivity contribution < 1.29 is 24.1 Å². The molecule has 9 nitrogen and oxygen atoms in total. The number of fused-ring (bicyclic) bond motifs is 4. The molecular formula is C28H36N6O3+2. The second-order valence-electron chi connectivity index (χ2n) is 10.8. The Hall–Kier alpha value is -3.43. The predicted molar refractivity (Wildman–Crippen MR) is 136 cm³/mol. The molecule has 5 heterocycles. The maximum atomic E-state index is 13.1. The van der Waals surface area contributed by atoms with Gasteiger partial charge in [-0.2, -0.15) is 0 Å². The summed E-state index contributed by atoms with van der Waals surface area (Å²) in [6, 6.07) is 16.9. The molecule has 3 aromatic rings. The summed E-state index contributed by atoms with van der Waals surface area (Å²) < 4.78 is 12.8. The van der Waals surface area contributed by atoms with E-state index in [9.17, 15) is 4.79 Å². The van der Waals surface area contributed by atoms with Gasteiger partial charge in [0.2, 0.25) is 12.7 Å². The van der Waals surface area contributed by atoms with Gasteiger partial charge in [-0.1, -0.05) is 41.6 Å². The topological polar surface area (TPSA) is 87.2 Å². The van der Waals surface area contributed by atoms with E-state index in [2.05, 4.69) is 59.2 Å². The molecule has 3 fully saturated rings. The van der Waals surface area contributed by atoms with Gasteiger partial charge in [0.1, 0.15) is 24.8 Å². The number of quaternary nitrogens is 2. The van der Waals surface area contributed by atoms with Crippen LogP contribution in [0.5, 0.6) is 11.5 Å². The fraction of sp³-hybridized carbons (Fsp3) is 0.464. The lowest BCUT2D eigenvalue weighted by molar-refractivity contribution is -0.945. The highest BCUT2D eigenvalue weighted by Gasteiger charge is 2.46. The lowest BCUT2D eigenvalue weighted by Gasteiger charge is -2.46. The van der Waals surface area contributed by atoms with Crippen molar-refractivity contribution in [3.05, 3.63) is 71.5 Å². The third-order valence-electron chi connectivity index (χ3n) is 8.12. The van der Waals surface area contributed by atoms with Gasteiger partial charge in [0.15, 0.2) is 11.5 Å². The summed E-state index contributed by atoms with van der Waals surface area (Å²) in [5.41, 5.74) is 3.39. The van der Waals surface area contributed by atoms with E-state index in [-0.39, 0.29) is 18.6 Å². The number of aromatic nitrogens is 3. The number of hydrogen-bond donors (Lipinski definition) is 3. The Morgan fingerprint density at radius 1 is 1.14 bits per heavy atom. The van der Waals surface area contributed by atoms with E-state index in [0.29, 0.717) is 18.5 Å². The molecule has 1 aromatic heterocycles. The average molecular weight is 505 g/mol. The van der Waals surface area contributed by atoms with E-state index in [1.54, 1.807) is 0 Å². The molecule has 194 valence electrons. The van der Waals surface area contributed by atoms with Crippen LogP contribution in [-0.4, -0.2) is 53.9 Å². The van der Waals surface area contributed by atoms with Gasteiger partial charge in [-0.25, -0.2) is 4.68 Å². The average Bonchev–Trinajstić information content (AvgIpc) is 3.57. The number of piperidine rings is 3. The number of amides is 1. The summed E-state index contributed by atoms with van der Waals surface area (Å²) in [7, 11) is 2.19. The van der Waals surface area contributed by atoms with Crippen LogP contribution in [0.1, 0.15) is 29.7 Å². The van der Waals surface area contributed by atoms with Gasteiger partial charge in [-0.05, 0) is 23.6 Å². The number of carbonyl (C=O) groups is 1. The Balaban J connectivity index is 0.993. The smallest absolute Gasteiger partial charge is 0.231 e. The third kappa shape index (κ3) is 5.47. The first kappa shape index (κ1) is 23.9. The Kier molecular flexibility index (Phi) is 6.80. The molecule has 4 aliphatic rings. The van der Waals surface area contributed by atoms with Crippen LogP contribution in [0.2, 0.25) is 0 Å². The van der Waals surface area contributed by atoms with Gasteiger partial charge in [0, 0.05) is 24.9 Å². The molecule has 9 heteroatoms. The summed E-state index contributed by atoms with van der Waals surface area (Å²) in [4.78, 5) is 16.0. The summed E-state index contributed by atoms with van der Waals surface area (Å²) in [6.07, 6.45) is 4.28. The minimum Gasteiger partial charge on any atom is -0.454 e. The number of ether oxygens (including phenoxy) is 2. The van der Waals surface area contributed by atoms with Crippen molar-refractivity contribution in [1.82, 2.24) is 20.3 Å². The molecule has 3 saturated heterocycles. The number of nitrogens with one attached hydrogen (secondary N) is 3. The molecule has 0 saturated carbocycles. The van der Waals surface area contributed by atoms with Crippen LogP contribution in [0.3, 0.4) is 0 Å². The van der Waals surface area contributed by atoms with E-state index >= 15 is 0 Å². The fourth-order valence-electron chi connectivity index (χ4n) is 6.24. The molecule has 5 atom stereocenters. The molecule has 0 spiro atoms. The third-order valence-corrected chi connectivity index (χ3v) is 8.12. The molecule has 2 unspecified atom stereocenters. The largest absolute Gasteiger partial charge is 0.454 e. The molecule has 7 rings (SSSR count). The van der Waals surface area contributed by atoms with Crippen molar-refractivity contribution in [2.45, 2.75) is 45.1 Å². The summed E-state index contributed by atoms with van der Waals surface area (Å²) in [6.45, 7) is 5.48. The lowest BCUT2D eigenvalue weighted by Crippen LogP contribution is -3.20. The molecule has 2 aromatic carbocycles. The van der Waals surface area contributed by atoms with Crippen molar-refractivity contribution in [3.8, 4) is 11.5 Å². The van der Waals surface area contributed by atoms with Crippen molar-refractivity contribution in [1.29, 1.82) is 0 Å². The molecular weight excluding hydrogens is 468 g/mol. The molecule has 0 radical (unpaired) electrons. The molecule has 2 bridgehead atoms. The Morgan fingerprint density at radius 3 is 2.84 bits per heavy atom. The zero-order valence-corrected chi connectivity index (χ0v) is 21.4. The first-order chi connectivity index (χ1) is 18.1. The minimum absolute atomic E-state index is 0.0792. The SMILES string of the molecule is C[NH+](Cc1ccccc1)Cc1cn(C[C@H]2C[C@@H]3CC[NH+]2C[C@@H]3C(=O)NCc2ccc3c(c2)OCO3)nn1. The fourth-order valence-corrected chi connectivity index (χ4v) is 6.24. The molecule has 4 aliphatic heterocycles. The number of nitrogens with zero attached hydrogens (tertiary/aromatic N) is 3. The Morgan fingerprint density at radius 2 is 2.00 bits per heavy atom. The molecule has 0 aliphatic carbocycles. The van der Waals surface area contributed by atoms with Crippen LogP contribution in [-0.2, 0) is 31.0 Å². The van der Waals surface area contributed by atoms with Crippen LogP contribution in [0.25, 0.3) is 0 Å². The van der Waals surface area contributed by atoms with E-state index in [4.69, 9.17) is 9.47 Å². The standard InChI is InChI=1S/C28H34N6O3/c1-32(14-20-5-3-2-4-6-20)15-23-16-34(31-30-23)17-24-12-22-9-10-33(24)18-25(22)28(35)29-13-21-7-8-26-27(11-21)37-19-36-26/h2-8,11,16,22,24-25H,9-10,12-15,17-19H2,1H3,(H,29,35)/p+2/t22-,24+,25-/m0/s1. The number of hydrogen-bond acceptors (Lipinski definition) is 5. The van der Waals surface area contributed by atoms with Crippen LogP contribution < -0.4 is 24.6 Å². The Bertz CT molecular complexity index is 1230. The molecule has 37 heavy (non-hydrogen) atoms. The van der Waals surface area contributed by atoms with E-state index in [1.807, 2.05) is 22.9 Å². The van der Waals surface area contributed by atoms with E-state index in [0.717, 1.165) is 68.3 Å². The van der Waals surface area contributed by atoms with Crippen molar-refractivity contribution in [3.63, 3.8) is 0 Å². The van der Waals surface area contributed by atoms with Crippen LogP contribution in [0.15, 0.2) is 54.7 Å². The first-order valence-electron chi connectivity index (χ1n) is 13.4. The number of carbonyl (C=O) groups excluding carboxylic acids is 1. The van der Waals surface area contributed by atoms with Gasteiger partial charge in [-0.15, -0.1) is 5.10 Å². The van der Waals surface area contributed by atoms with Gasteiger partial charge in [-0.3, -0.25) is 4.79 Å². The molecule has 1 amide bonds. The van der Waals surface area contributed by atoms with E-state index in [1.165, 1.54) is 15.4 Å². The summed E-state index contributed by atoms with van der Waals surface area (Å²) >= 11 is 0. The van der Waals surface area contributed by atoms with Crippen LogP contribution >= 0.6 is 0 Å². The second kappa shape index (κ2) is 10.5. The first-order valence-corrected chi connectivity index (χ1v) is 13.4. The summed E-state index contributed by atoms with van der Waals surface area (Å²) in [5.74, 6) is 2.20. The summed E-state index contributed by atoms with van der Waals surface area (Å²) in [5, 5.41) is 12.1. The predicted octanol–water partition coefficient (Wildman–Crippen LogP) is -0.169. The highest BCUT2D eigenvalue weighted by molar-refractivity contribution is 5.79. The monoisotopic (exact) mass is 504 g/mol. The van der Waals surface area contributed by atoms with Gasteiger partial charge >= 0.3 is 0 Å². The Labute approximate surface area is 217 Å². The minimum atomic E-state index is 0.0792. The number of rotatable bonds is 9. The quantitative estimate of drug-likeness (QED) is 0.377. The highest BCUT2D eigenvalue weighted by atomic mass is 16.7. The van der Waals surface area contributed by atoms with Crippen LogP contribution in [0, 0.1) is 11.8 Å². The van der Waals surface area contributed by atoms with Crippen molar-refractivity contribution >= 4 is 5.91 Å². The lowest BCUT2D eigenvalue weighted by atomic mass is 9.75. The zero-order chi connectivity index (χ0) is 25.2. The molecule has 3 N–H and O–H groups in total. The van der Waals surface area contributed by atoms with Gasteiger partial charge in [0.05, 0.1) is 38.8 Å². The van der Waals surface area contributed by atoms with Crippen LogP contribution in [0.4, 0.5) is 0 Å². The van der Waals surface area contributed by atoms with E-state index < -0.39 is 0 Å². The highest BCUT2D eigenvalue weighted by Crippen LogP contribution is 2.32.